The summed E-state index contributed by atoms with van der Waals surface area (Å²) in [6.07, 6.45) is 0. The Labute approximate surface area is 76.9 Å². The van der Waals surface area contributed by atoms with Gasteiger partial charge in [-0.1, -0.05) is 0 Å². The van der Waals surface area contributed by atoms with Gasteiger partial charge in [0.05, 0.1) is 0 Å². The van der Waals surface area contributed by atoms with E-state index in [2.05, 4.69) is 4.74 Å². The van der Waals surface area contributed by atoms with Gasteiger partial charge in [0, 0.05) is 11.6 Å². The van der Waals surface area contributed by atoms with Crippen LogP contribution in [0.4, 0.5) is 4.79 Å². The maximum Gasteiger partial charge on any atom is 0.409 e. The number of hydrogen-bond acceptors (Lipinski definition) is 4. The van der Waals surface area contributed by atoms with Gasteiger partial charge >= 0.3 is 5.43 Å². The van der Waals surface area contributed by atoms with Crippen molar-refractivity contribution >= 4 is 34.3 Å². The third-order valence-corrected chi connectivity index (χ3v) is 2.03. The van der Waals surface area contributed by atoms with Crippen molar-refractivity contribution in [3.05, 3.63) is 16.3 Å². The number of carbonyl (C=O) groups excluding carboxylic acids is 2. The van der Waals surface area contributed by atoms with E-state index in [1.54, 1.807) is 5.38 Å². The Morgan fingerprint density at radius 3 is 2.75 bits per heavy atom. The van der Waals surface area contributed by atoms with Gasteiger partial charge in [-0.25, -0.2) is 4.79 Å². The lowest BCUT2D eigenvalue weighted by molar-refractivity contribution is 0.100. The van der Waals surface area contributed by atoms with E-state index in [0.717, 1.165) is 11.3 Å². The molecule has 0 unspecified atom stereocenters. The van der Waals surface area contributed by atoms with Gasteiger partial charge in [0.1, 0.15) is 4.88 Å². The number of hydrogen-bond donors (Lipinski definition) is 1. The fraction of sp³-hybridized carbons (Fsp3) is 0. The summed E-state index contributed by atoms with van der Waals surface area (Å²) in [6.45, 7) is 0. The second kappa shape index (κ2) is 3.55. The van der Waals surface area contributed by atoms with Crippen molar-refractivity contribution in [1.29, 1.82) is 0 Å². The highest BCUT2D eigenvalue weighted by Crippen LogP contribution is 2.24. The summed E-state index contributed by atoms with van der Waals surface area (Å²) in [7, 11) is 0. The van der Waals surface area contributed by atoms with Crippen LogP contribution in [0.25, 0.3) is 0 Å². The van der Waals surface area contributed by atoms with Gasteiger partial charge < -0.3 is 10.5 Å². The molecule has 0 spiro atoms. The summed E-state index contributed by atoms with van der Waals surface area (Å²) in [5.41, 5.74) is 3.98. The molecule has 4 nitrogen and oxygen atoms in total. The fourth-order valence-electron chi connectivity index (χ4n) is 0.644. The van der Waals surface area contributed by atoms with E-state index in [4.69, 9.17) is 17.3 Å². The van der Waals surface area contributed by atoms with Crippen LogP contribution in [0.1, 0.15) is 9.67 Å². The molecule has 0 bridgehead atoms. The minimum absolute atomic E-state index is 0.104. The van der Waals surface area contributed by atoms with Crippen molar-refractivity contribution < 1.29 is 14.3 Å². The number of nitrogens with two attached hydrogens (primary N) is 1. The van der Waals surface area contributed by atoms with Gasteiger partial charge in [0.2, 0.25) is 0 Å². The van der Waals surface area contributed by atoms with Crippen LogP contribution in [-0.4, -0.2) is 11.3 Å². The van der Waals surface area contributed by atoms with Gasteiger partial charge in [-0.3, -0.25) is 4.79 Å². The summed E-state index contributed by atoms with van der Waals surface area (Å²) in [5.74, 6) is -0.537. The standard InChI is InChI=1S/C6H4ClNO3S/c7-6(10)11-3-1-2-12-4(3)5(8)9/h1-2H,(H2,8,9). The average Bonchev–Trinajstić information content (AvgIpc) is 2.33. The smallest absolute Gasteiger partial charge is 0.409 e. The lowest BCUT2D eigenvalue weighted by Gasteiger charge is -1.96. The number of halogens is 1. The maximum atomic E-state index is 10.7. The Morgan fingerprint density at radius 1 is 1.58 bits per heavy atom. The zero-order valence-electron chi connectivity index (χ0n) is 5.74. The molecule has 0 saturated carbocycles. The molecule has 12 heavy (non-hydrogen) atoms. The molecule has 64 valence electrons. The van der Waals surface area contributed by atoms with Crippen molar-refractivity contribution in [1.82, 2.24) is 0 Å². The summed E-state index contributed by atoms with van der Waals surface area (Å²) < 4.78 is 4.48. The molecule has 0 aliphatic carbocycles. The Balaban J connectivity index is 2.91. The van der Waals surface area contributed by atoms with Crippen molar-refractivity contribution in [3.63, 3.8) is 0 Å². The van der Waals surface area contributed by atoms with E-state index >= 15 is 0 Å². The first-order valence-corrected chi connectivity index (χ1v) is 4.11. The second-order valence-corrected chi connectivity index (χ2v) is 3.04. The molecule has 0 aliphatic rings. The molecule has 1 rings (SSSR count). The molecule has 0 fully saturated rings. The summed E-state index contributed by atoms with van der Waals surface area (Å²) in [4.78, 5) is 21.1. The van der Waals surface area contributed by atoms with Crippen LogP contribution in [0, 0.1) is 0 Å². The van der Waals surface area contributed by atoms with Crippen molar-refractivity contribution in [2.75, 3.05) is 0 Å². The molecule has 0 radical (unpaired) electrons. The lowest BCUT2D eigenvalue weighted by atomic mass is 10.4. The number of primary amides is 1. The third kappa shape index (κ3) is 1.96. The van der Waals surface area contributed by atoms with E-state index < -0.39 is 11.3 Å². The number of rotatable bonds is 2. The predicted molar refractivity (Wildman–Crippen MR) is 44.7 cm³/mol. The number of amides is 1. The normalized spacial score (nSPS) is 9.42. The second-order valence-electron chi connectivity index (χ2n) is 1.82. The van der Waals surface area contributed by atoms with Crippen LogP contribution < -0.4 is 10.5 Å². The Hall–Kier alpha value is -1.07. The molecule has 0 atom stereocenters. The average molecular weight is 206 g/mol. The van der Waals surface area contributed by atoms with E-state index in [-0.39, 0.29) is 10.6 Å². The van der Waals surface area contributed by atoms with Crippen LogP contribution in [0.2, 0.25) is 0 Å². The monoisotopic (exact) mass is 205 g/mol. The fourth-order valence-corrected chi connectivity index (χ4v) is 1.40. The lowest BCUT2D eigenvalue weighted by Crippen LogP contribution is -2.11. The number of thiophene rings is 1. The van der Waals surface area contributed by atoms with E-state index in [1.165, 1.54) is 6.07 Å². The van der Waals surface area contributed by atoms with E-state index in [9.17, 15) is 9.59 Å². The molecule has 1 amide bonds. The van der Waals surface area contributed by atoms with Gasteiger partial charge in [0.15, 0.2) is 5.75 Å². The van der Waals surface area contributed by atoms with Gasteiger partial charge in [0.25, 0.3) is 5.91 Å². The number of ether oxygens (including phenoxy) is 1. The van der Waals surface area contributed by atoms with Crippen molar-refractivity contribution in [2.24, 2.45) is 5.73 Å². The topological polar surface area (TPSA) is 69.4 Å². The van der Waals surface area contributed by atoms with Crippen LogP contribution in [0.3, 0.4) is 0 Å². The van der Waals surface area contributed by atoms with Crippen molar-refractivity contribution in [3.8, 4) is 5.75 Å². The number of carbonyl (C=O) groups is 2. The Bertz CT molecular complexity index is 322. The maximum absolute atomic E-state index is 10.7. The van der Waals surface area contributed by atoms with Crippen LogP contribution in [0.15, 0.2) is 11.4 Å². The molecule has 0 aromatic carbocycles. The molecule has 1 aromatic rings. The molecular weight excluding hydrogens is 202 g/mol. The molecule has 1 heterocycles. The predicted octanol–water partition coefficient (Wildman–Crippen LogP) is 1.58. The van der Waals surface area contributed by atoms with Gasteiger partial charge in [-0.2, -0.15) is 0 Å². The minimum Gasteiger partial charge on any atom is -0.413 e. The molecule has 1 aromatic heterocycles. The Kier molecular flexibility index (Phi) is 2.67. The largest absolute Gasteiger partial charge is 0.413 e. The third-order valence-electron chi connectivity index (χ3n) is 1.04. The Morgan fingerprint density at radius 2 is 2.25 bits per heavy atom. The van der Waals surface area contributed by atoms with Crippen LogP contribution >= 0.6 is 22.9 Å². The summed E-state index contributed by atoms with van der Waals surface area (Å²) in [6, 6.07) is 1.45. The molecule has 0 saturated heterocycles. The van der Waals surface area contributed by atoms with Gasteiger partial charge in [-0.05, 0) is 11.4 Å². The molecule has 2 N–H and O–H groups in total. The van der Waals surface area contributed by atoms with Crippen molar-refractivity contribution in [2.45, 2.75) is 0 Å². The quantitative estimate of drug-likeness (QED) is 0.746. The zero-order chi connectivity index (χ0) is 9.14. The van der Waals surface area contributed by atoms with Crippen LogP contribution in [0.5, 0.6) is 5.75 Å². The van der Waals surface area contributed by atoms with Crippen LogP contribution in [-0.2, 0) is 0 Å². The SMILES string of the molecule is NC(=O)c1sccc1OC(=O)Cl. The summed E-state index contributed by atoms with van der Waals surface area (Å²) >= 11 is 6.03. The van der Waals surface area contributed by atoms with Gasteiger partial charge in [-0.15, -0.1) is 11.3 Å². The highest BCUT2D eigenvalue weighted by molar-refractivity contribution is 7.12. The highest BCUT2D eigenvalue weighted by Gasteiger charge is 2.12. The highest BCUT2D eigenvalue weighted by atomic mass is 35.5. The van der Waals surface area contributed by atoms with E-state index in [1.807, 2.05) is 0 Å². The molecular formula is C6H4ClNO3S. The minimum atomic E-state index is -0.990. The zero-order valence-corrected chi connectivity index (χ0v) is 7.32. The summed E-state index contributed by atoms with van der Waals surface area (Å²) in [5, 5.41) is 1.58. The molecule has 0 aliphatic heterocycles. The first-order chi connectivity index (χ1) is 5.61. The first-order valence-electron chi connectivity index (χ1n) is 2.86. The van der Waals surface area contributed by atoms with E-state index in [0.29, 0.717) is 0 Å². The first kappa shape index (κ1) is 9.02. The molecule has 6 heteroatoms.